The molecule has 0 aliphatic carbocycles. The maximum Gasteiger partial charge on any atom is 0.509 e. The van der Waals surface area contributed by atoms with Crippen LogP contribution in [0.1, 0.15) is 25.7 Å². The predicted octanol–water partition coefficient (Wildman–Crippen LogP) is 0.463. The van der Waals surface area contributed by atoms with E-state index in [9.17, 15) is 14.4 Å². The Morgan fingerprint density at radius 3 is 1.05 bits per heavy atom. The molecule has 38 heavy (non-hydrogen) atoms. The van der Waals surface area contributed by atoms with Crippen LogP contribution in [0.3, 0.4) is 0 Å². The molecule has 0 aromatic carbocycles. The molecule has 220 valence electrons. The van der Waals surface area contributed by atoms with Crippen molar-refractivity contribution in [2.75, 3.05) is 118 Å². The highest BCUT2D eigenvalue weighted by Crippen LogP contribution is 2.10. The van der Waals surface area contributed by atoms with Gasteiger partial charge in [0, 0.05) is 78.5 Å². The molecule has 0 aromatic rings. The van der Waals surface area contributed by atoms with Crippen molar-refractivity contribution in [3.63, 3.8) is 0 Å². The first-order valence-electron chi connectivity index (χ1n) is 13.8. The average molecular weight is 582 g/mol. The fourth-order valence-electron chi connectivity index (χ4n) is 5.49. The van der Waals surface area contributed by atoms with E-state index in [1.54, 1.807) is 9.80 Å². The van der Waals surface area contributed by atoms with E-state index in [1.807, 2.05) is 0 Å². The SMILES string of the molecule is Cl.Cl.O=C(OCC(=O)N1CCN(CCN2CCCC2)CC1)OCC(=O)N1CCN(CCN2CCCC2)CC1. The highest BCUT2D eigenvalue weighted by molar-refractivity contribution is 5.85. The van der Waals surface area contributed by atoms with Crippen molar-refractivity contribution >= 4 is 42.8 Å². The number of nitrogens with zero attached hydrogens (tertiary/aromatic N) is 6. The highest BCUT2D eigenvalue weighted by atomic mass is 35.5. The van der Waals surface area contributed by atoms with Crippen LogP contribution in [-0.2, 0) is 19.1 Å². The molecule has 4 rings (SSSR count). The average Bonchev–Trinajstić information content (AvgIpc) is 3.63. The van der Waals surface area contributed by atoms with Gasteiger partial charge in [0.1, 0.15) is 0 Å². The Morgan fingerprint density at radius 2 is 0.737 bits per heavy atom. The zero-order valence-corrected chi connectivity index (χ0v) is 24.2. The third-order valence-corrected chi connectivity index (χ3v) is 7.94. The van der Waals surface area contributed by atoms with E-state index in [4.69, 9.17) is 9.47 Å². The first-order chi connectivity index (χ1) is 17.6. The summed E-state index contributed by atoms with van der Waals surface area (Å²) < 4.78 is 9.96. The Kier molecular flexibility index (Phi) is 15.0. The Morgan fingerprint density at radius 1 is 0.447 bits per heavy atom. The van der Waals surface area contributed by atoms with Gasteiger partial charge in [-0.3, -0.25) is 19.4 Å². The Bertz CT molecular complexity index is 665. The van der Waals surface area contributed by atoms with Crippen molar-refractivity contribution in [1.82, 2.24) is 29.4 Å². The zero-order valence-electron chi connectivity index (χ0n) is 22.6. The molecule has 0 spiro atoms. The molecule has 0 unspecified atom stereocenters. The molecule has 4 aliphatic rings. The number of likely N-dealkylation sites (tertiary alicyclic amines) is 2. The molecule has 4 saturated heterocycles. The topological polar surface area (TPSA) is 89.1 Å². The third-order valence-electron chi connectivity index (χ3n) is 7.94. The van der Waals surface area contributed by atoms with Crippen molar-refractivity contribution in [2.45, 2.75) is 25.7 Å². The fraction of sp³-hybridized carbons (Fsp3) is 0.880. The third kappa shape index (κ3) is 10.7. The lowest BCUT2D eigenvalue weighted by Gasteiger charge is -2.35. The van der Waals surface area contributed by atoms with Crippen molar-refractivity contribution < 1.29 is 23.9 Å². The Labute approximate surface area is 239 Å². The second-order valence-corrected chi connectivity index (χ2v) is 10.4. The summed E-state index contributed by atoms with van der Waals surface area (Å²) in [5, 5.41) is 0. The van der Waals surface area contributed by atoms with Crippen molar-refractivity contribution in [2.24, 2.45) is 0 Å². The van der Waals surface area contributed by atoms with Crippen LogP contribution in [0.5, 0.6) is 0 Å². The summed E-state index contributed by atoms with van der Waals surface area (Å²) in [5.41, 5.74) is 0. The van der Waals surface area contributed by atoms with Gasteiger partial charge in [-0.25, -0.2) is 4.79 Å². The molecule has 4 heterocycles. The molecule has 13 heteroatoms. The standard InChI is InChI=1S/C25H44N6O5.2ClH/c32-23(30-17-13-28(14-18-30)11-9-26-5-1-2-6-26)21-35-25(34)36-22-24(33)31-19-15-29(16-20-31)12-10-27-7-3-4-8-27;;/h1-22H2;2*1H. The van der Waals surface area contributed by atoms with Crippen LogP contribution >= 0.6 is 24.8 Å². The lowest BCUT2D eigenvalue weighted by molar-refractivity contribution is -0.138. The molecule has 0 N–H and O–H groups in total. The molecule has 4 fully saturated rings. The van der Waals surface area contributed by atoms with E-state index < -0.39 is 6.16 Å². The van der Waals surface area contributed by atoms with E-state index in [-0.39, 0.29) is 49.8 Å². The van der Waals surface area contributed by atoms with Crippen molar-refractivity contribution in [1.29, 1.82) is 0 Å². The monoisotopic (exact) mass is 580 g/mol. The van der Waals surface area contributed by atoms with Crippen LogP contribution in [0.4, 0.5) is 4.79 Å². The van der Waals surface area contributed by atoms with Crippen LogP contribution in [0, 0.1) is 0 Å². The molecule has 0 aromatic heterocycles. The number of carbonyl (C=O) groups excluding carboxylic acids is 3. The number of piperazine rings is 2. The smallest absolute Gasteiger partial charge is 0.424 e. The zero-order chi connectivity index (χ0) is 25.2. The van der Waals surface area contributed by atoms with Gasteiger partial charge in [0.25, 0.3) is 11.8 Å². The van der Waals surface area contributed by atoms with Gasteiger partial charge in [-0.15, -0.1) is 24.8 Å². The molecule has 2 amide bonds. The van der Waals surface area contributed by atoms with E-state index >= 15 is 0 Å². The number of carbonyl (C=O) groups is 3. The minimum atomic E-state index is -0.967. The number of rotatable bonds is 10. The predicted molar refractivity (Wildman–Crippen MR) is 149 cm³/mol. The lowest BCUT2D eigenvalue weighted by Crippen LogP contribution is -2.51. The van der Waals surface area contributed by atoms with E-state index in [0.717, 1.165) is 52.4 Å². The second-order valence-electron chi connectivity index (χ2n) is 10.4. The summed E-state index contributed by atoms with van der Waals surface area (Å²) in [4.78, 5) is 50.0. The first-order valence-corrected chi connectivity index (χ1v) is 13.8. The van der Waals surface area contributed by atoms with Crippen molar-refractivity contribution in [3.8, 4) is 0 Å². The van der Waals surface area contributed by atoms with Crippen LogP contribution in [0.25, 0.3) is 0 Å². The van der Waals surface area contributed by atoms with Gasteiger partial charge in [-0.2, -0.15) is 0 Å². The molecule has 11 nitrogen and oxygen atoms in total. The highest BCUT2D eigenvalue weighted by Gasteiger charge is 2.25. The molecule has 0 saturated carbocycles. The van der Waals surface area contributed by atoms with E-state index in [0.29, 0.717) is 26.2 Å². The fourth-order valence-corrected chi connectivity index (χ4v) is 5.49. The number of hydrogen-bond donors (Lipinski definition) is 0. The summed E-state index contributed by atoms with van der Waals surface area (Å²) in [7, 11) is 0. The number of hydrogen-bond acceptors (Lipinski definition) is 9. The second kappa shape index (κ2) is 17.3. The van der Waals surface area contributed by atoms with Gasteiger partial charge >= 0.3 is 6.16 Å². The van der Waals surface area contributed by atoms with Gasteiger partial charge in [-0.1, -0.05) is 0 Å². The molecular formula is C25H46Cl2N6O5. The molecule has 0 bridgehead atoms. The Hall–Kier alpha value is -1.37. The van der Waals surface area contributed by atoms with E-state index in [1.165, 1.54) is 51.9 Å². The van der Waals surface area contributed by atoms with Crippen LogP contribution in [-0.4, -0.2) is 165 Å². The lowest BCUT2D eigenvalue weighted by atomic mass is 10.3. The summed E-state index contributed by atoms with van der Waals surface area (Å²) in [6.45, 7) is 14.3. The molecule has 0 radical (unpaired) electrons. The van der Waals surface area contributed by atoms with Gasteiger partial charge in [-0.05, 0) is 51.9 Å². The van der Waals surface area contributed by atoms with Gasteiger partial charge in [0.15, 0.2) is 13.2 Å². The van der Waals surface area contributed by atoms with E-state index in [2.05, 4.69) is 19.6 Å². The van der Waals surface area contributed by atoms with Crippen LogP contribution < -0.4 is 0 Å². The molecule has 4 aliphatic heterocycles. The van der Waals surface area contributed by atoms with Crippen LogP contribution in [0.15, 0.2) is 0 Å². The summed E-state index contributed by atoms with van der Waals surface area (Å²) in [6, 6.07) is 0. The summed E-state index contributed by atoms with van der Waals surface area (Å²) in [5.74, 6) is -0.440. The van der Waals surface area contributed by atoms with Gasteiger partial charge in [0.2, 0.25) is 0 Å². The normalized spacial score (nSPS) is 21.6. The van der Waals surface area contributed by atoms with Gasteiger partial charge < -0.3 is 29.1 Å². The van der Waals surface area contributed by atoms with Crippen LogP contribution in [0.2, 0.25) is 0 Å². The minimum Gasteiger partial charge on any atom is -0.424 e. The molecular weight excluding hydrogens is 535 g/mol. The number of amides is 2. The molecule has 0 atom stereocenters. The minimum absolute atomic E-state index is 0. The summed E-state index contributed by atoms with van der Waals surface area (Å²) >= 11 is 0. The largest absolute Gasteiger partial charge is 0.509 e. The number of ether oxygens (including phenoxy) is 2. The Balaban J connectivity index is 0.00000253. The summed E-state index contributed by atoms with van der Waals surface area (Å²) in [6.07, 6.45) is 4.23. The van der Waals surface area contributed by atoms with Crippen molar-refractivity contribution in [3.05, 3.63) is 0 Å². The van der Waals surface area contributed by atoms with Gasteiger partial charge in [0.05, 0.1) is 0 Å². The first kappa shape index (κ1) is 32.8. The number of halogens is 2. The maximum atomic E-state index is 12.4. The quantitative estimate of drug-likeness (QED) is 0.342. The maximum absolute atomic E-state index is 12.4.